The molecule has 21 heavy (non-hydrogen) atoms. The van der Waals surface area contributed by atoms with Crippen LogP contribution in [0.4, 0.5) is 0 Å². The second-order valence-electron chi connectivity index (χ2n) is 5.43. The minimum absolute atomic E-state index is 0.303. The number of fused-ring (bicyclic) bond motifs is 1. The number of hydrogen-bond acceptors (Lipinski definition) is 4. The minimum atomic E-state index is -0.959. The quantitative estimate of drug-likeness (QED) is 0.892. The van der Waals surface area contributed by atoms with Gasteiger partial charge in [0.25, 0.3) is 5.91 Å². The molecule has 1 saturated heterocycles. The van der Waals surface area contributed by atoms with Crippen LogP contribution in [0.3, 0.4) is 0 Å². The van der Waals surface area contributed by atoms with Crippen LogP contribution in [0.25, 0.3) is 5.65 Å². The fourth-order valence-electron chi connectivity index (χ4n) is 2.75. The Labute approximate surface area is 121 Å². The van der Waals surface area contributed by atoms with E-state index in [4.69, 9.17) is 0 Å². The van der Waals surface area contributed by atoms with Gasteiger partial charge in [0.15, 0.2) is 5.65 Å². The van der Waals surface area contributed by atoms with Gasteiger partial charge in [0.05, 0.1) is 6.20 Å². The molecular formula is C14H16N4O3. The predicted molar refractivity (Wildman–Crippen MR) is 73.8 cm³/mol. The molecule has 2 unspecified atom stereocenters. The average Bonchev–Trinajstić information content (AvgIpc) is 2.90. The van der Waals surface area contributed by atoms with Gasteiger partial charge >= 0.3 is 5.97 Å². The van der Waals surface area contributed by atoms with Crippen LogP contribution in [0.15, 0.2) is 24.7 Å². The maximum Gasteiger partial charge on any atom is 0.326 e. The number of carbonyl (C=O) groups excluding carboxylic acids is 1. The van der Waals surface area contributed by atoms with Crippen molar-refractivity contribution in [1.29, 1.82) is 0 Å². The molecule has 110 valence electrons. The van der Waals surface area contributed by atoms with E-state index in [-0.39, 0.29) is 5.91 Å². The first-order valence-corrected chi connectivity index (χ1v) is 6.90. The lowest BCUT2D eigenvalue weighted by molar-refractivity contribution is -0.144. The molecule has 3 rings (SSSR count). The van der Waals surface area contributed by atoms with Gasteiger partial charge in [-0.2, -0.15) is 5.10 Å². The number of carboxylic acids is 1. The molecule has 0 aliphatic carbocycles. The summed E-state index contributed by atoms with van der Waals surface area (Å²) in [5.74, 6) is -0.973. The van der Waals surface area contributed by atoms with Gasteiger partial charge in [0.1, 0.15) is 11.6 Å². The van der Waals surface area contributed by atoms with Gasteiger partial charge in [-0.1, -0.05) is 6.92 Å². The molecule has 7 nitrogen and oxygen atoms in total. The van der Waals surface area contributed by atoms with Crippen LogP contribution in [0.2, 0.25) is 0 Å². The lowest BCUT2D eigenvalue weighted by Gasteiger charge is -2.35. The lowest BCUT2D eigenvalue weighted by atomic mass is 9.92. The highest BCUT2D eigenvalue weighted by Crippen LogP contribution is 2.25. The molecule has 2 aromatic heterocycles. The van der Waals surface area contributed by atoms with Crippen molar-refractivity contribution in [1.82, 2.24) is 19.5 Å². The Kier molecular flexibility index (Phi) is 3.32. The molecule has 0 spiro atoms. The van der Waals surface area contributed by atoms with Crippen LogP contribution in [0.5, 0.6) is 0 Å². The van der Waals surface area contributed by atoms with Gasteiger partial charge in [-0.15, -0.1) is 0 Å². The Morgan fingerprint density at radius 1 is 1.43 bits per heavy atom. The smallest absolute Gasteiger partial charge is 0.326 e. The van der Waals surface area contributed by atoms with Crippen molar-refractivity contribution in [2.24, 2.45) is 5.92 Å². The molecule has 1 aliphatic heterocycles. The molecular weight excluding hydrogens is 272 g/mol. The van der Waals surface area contributed by atoms with Crippen LogP contribution in [0, 0.1) is 5.92 Å². The number of aliphatic carboxylic acids is 1. The van der Waals surface area contributed by atoms with Crippen molar-refractivity contribution in [2.45, 2.75) is 25.8 Å². The summed E-state index contributed by atoms with van der Waals surface area (Å²) in [6.45, 7) is 2.45. The van der Waals surface area contributed by atoms with Gasteiger partial charge in [-0.3, -0.25) is 4.79 Å². The fourth-order valence-corrected chi connectivity index (χ4v) is 2.75. The van der Waals surface area contributed by atoms with Crippen molar-refractivity contribution in [2.75, 3.05) is 6.54 Å². The van der Waals surface area contributed by atoms with E-state index < -0.39 is 12.0 Å². The van der Waals surface area contributed by atoms with E-state index in [1.165, 1.54) is 15.6 Å². The lowest BCUT2D eigenvalue weighted by Crippen LogP contribution is -2.49. The van der Waals surface area contributed by atoms with E-state index in [2.05, 4.69) is 10.1 Å². The molecule has 2 atom stereocenters. The number of hydrogen-bond donors (Lipinski definition) is 1. The Balaban J connectivity index is 1.95. The second kappa shape index (κ2) is 5.16. The number of likely N-dealkylation sites (tertiary alicyclic amines) is 1. The van der Waals surface area contributed by atoms with Crippen molar-refractivity contribution < 1.29 is 14.7 Å². The van der Waals surface area contributed by atoms with E-state index in [1.807, 2.05) is 6.92 Å². The molecule has 2 aromatic rings. The second-order valence-corrected chi connectivity index (χ2v) is 5.43. The molecule has 1 N–H and O–H groups in total. The van der Waals surface area contributed by atoms with Gasteiger partial charge in [-0.25, -0.2) is 14.3 Å². The largest absolute Gasteiger partial charge is 0.480 e. The van der Waals surface area contributed by atoms with Crippen molar-refractivity contribution >= 4 is 17.5 Å². The van der Waals surface area contributed by atoms with Gasteiger partial charge in [0, 0.05) is 18.9 Å². The Morgan fingerprint density at radius 2 is 2.24 bits per heavy atom. The Hall–Kier alpha value is -2.44. The normalized spacial score (nSPS) is 22.4. The maximum atomic E-state index is 12.7. The highest BCUT2D eigenvalue weighted by atomic mass is 16.4. The maximum absolute atomic E-state index is 12.7. The number of carbonyl (C=O) groups is 2. The summed E-state index contributed by atoms with van der Waals surface area (Å²) in [5, 5.41) is 13.4. The highest BCUT2D eigenvalue weighted by Gasteiger charge is 2.36. The third-order valence-electron chi connectivity index (χ3n) is 3.92. The summed E-state index contributed by atoms with van der Waals surface area (Å²) in [4.78, 5) is 29.7. The topological polar surface area (TPSA) is 87.8 Å². The number of aromatic nitrogens is 3. The first-order valence-electron chi connectivity index (χ1n) is 6.90. The van der Waals surface area contributed by atoms with Gasteiger partial charge < -0.3 is 10.0 Å². The van der Waals surface area contributed by atoms with E-state index in [0.717, 1.165) is 6.42 Å². The Morgan fingerprint density at radius 3 is 3.00 bits per heavy atom. The zero-order valence-corrected chi connectivity index (χ0v) is 11.6. The number of piperidine rings is 1. The van der Waals surface area contributed by atoms with Crippen LogP contribution < -0.4 is 0 Å². The SMILES string of the molecule is CC1CCN(C(=O)c2cnn3cccnc23)C(C(=O)O)C1. The van der Waals surface area contributed by atoms with Gasteiger partial charge in [0.2, 0.25) is 0 Å². The van der Waals surface area contributed by atoms with Crippen LogP contribution in [-0.2, 0) is 4.79 Å². The van der Waals surface area contributed by atoms with Crippen molar-refractivity contribution in [3.05, 3.63) is 30.2 Å². The number of nitrogens with zero attached hydrogens (tertiary/aromatic N) is 4. The first kappa shape index (κ1) is 13.5. The first-order chi connectivity index (χ1) is 10.1. The predicted octanol–water partition coefficient (Wildman–Crippen LogP) is 1.05. The monoisotopic (exact) mass is 288 g/mol. The standard InChI is InChI=1S/C14H16N4O3/c1-9-3-6-17(11(7-9)14(20)21)13(19)10-8-16-18-5-2-4-15-12(10)18/h2,4-5,8-9,11H,3,6-7H2,1H3,(H,20,21). The molecule has 0 radical (unpaired) electrons. The summed E-state index contributed by atoms with van der Waals surface area (Å²) in [5.41, 5.74) is 0.793. The molecule has 7 heteroatoms. The van der Waals surface area contributed by atoms with E-state index in [9.17, 15) is 14.7 Å². The Bertz CT molecular complexity index is 696. The number of rotatable bonds is 2. The summed E-state index contributed by atoms with van der Waals surface area (Å²) < 4.78 is 1.51. The van der Waals surface area contributed by atoms with E-state index in [0.29, 0.717) is 30.1 Å². The average molecular weight is 288 g/mol. The molecule has 1 amide bonds. The highest BCUT2D eigenvalue weighted by molar-refractivity contribution is 6.01. The van der Waals surface area contributed by atoms with Crippen molar-refractivity contribution in [3.8, 4) is 0 Å². The summed E-state index contributed by atoms with van der Waals surface area (Å²) in [6, 6.07) is 0.941. The van der Waals surface area contributed by atoms with Crippen LogP contribution in [0.1, 0.15) is 30.1 Å². The number of carboxylic acid groups (broad SMARTS) is 1. The van der Waals surface area contributed by atoms with Crippen LogP contribution >= 0.6 is 0 Å². The molecule has 0 bridgehead atoms. The summed E-state index contributed by atoms with van der Waals surface area (Å²) in [7, 11) is 0. The minimum Gasteiger partial charge on any atom is -0.480 e. The summed E-state index contributed by atoms with van der Waals surface area (Å²) in [6.07, 6.45) is 6.02. The third kappa shape index (κ3) is 2.35. The molecule has 1 fully saturated rings. The third-order valence-corrected chi connectivity index (χ3v) is 3.92. The van der Waals surface area contributed by atoms with Crippen LogP contribution in [-0.4, -0.2) is 49.1 Å². The zero-order chi connectivity index (χ0) is 15.0. The fraction of sp³-hybridized carbons (Fsp3) is 0.429. The molecule has 3 heterocycles. The van der Waals surface area contributed by atoms with E-state index in [1.54, 1.807) is 18.5 Å². The van der Waals surface area contributed by atoms with Gasteiger partial charge in [-0.05, 0) is 24.8 Å². The molecule has 0 saturated carbocycles. The number of amides is 1. The summed E-state index contributed by atoms with van der Waals surface area (Å²) >= 11 is 0. The zero-order valence-electron chi connectivity index (χ0n) is 11.6. The molecule has 1 aliphatic rings. The van der Waals surface area contributed by atoms with Crippen molar-refractivity contribution in [3.63, 3.8) is 0 Å². The van der Waals surface area contributed by atoms with E-state index >= 15 is 0 Å². The molecule has 0 aromatic carbocycles.